The summed E-state index contributed by atoms with van der Waals surface area (Å²) in [5, 5.41) is 0. The molecule has 102 valence electrons. The Morgan fingerprint density at radius 2 is 1.80 bits per heavy atom. The van der Waals surface area contributed by atoms with E-state index in [4.69, 9.17) is 0 Å². The van der Waals surface area contributed by atoms with E-state index < -0.39 is 0 Å². The second kappa shape index (κ2) is 4.59. The molecule has 0 bridgehead atoms. The maximum absolute atomic E-state index is 4.44. The van der Waals surface area contributed by atoms with E-state index in [0.29, 0.717) is 0 Å². The Bertz CT molecular complexity index is 678. The van der Waals surface area contributed by atoms with Crippen molar-refractivity contribution in [2.75, 3.05) is 0 Å². The largest absolute Gasteiger partial charge is 0.218 e. The van der Waals surface area contributed by atoms with Gasteiger partial charge in [-0.05, 0) is 43.5 Å². The summed E-state index contributed by atoms with van der Waals surface area (Å²) < 4.78 is 2.28. The van der Waals surface area contributed by atoms with Crippen molar-refractivity contribution in [3.05, 3.63) is 60.3 Å². The molecule has 1 nitrogen and oxygen atoms in total. The number of allylic oxidation sites excluding steroid dienone is 1. The van der Waals surface area contributed by atoms with Crippen LogP contribution in [0.3, 0.4) is 0 Å². The van der Waals surface area contributed by atoms with Crippen molar-refractivity contribution in [1.29, 1.82) is 0 Å². The van der Waals surface area contributed by atoms with Gasteiger partial charge in [-0.2, -0.15) is 4.57 Å². The Kier molecular flexibility index (Phi) is 3.01. The minimum Gasteiger partial charge on any atom is -0.164 e. The van der Waals surface area contributed by atoms with Crippen molar-refractivity contribution in [2.45, 2.75) is 39.0 Å². The van der Waals surface area contributed by atoms with Gasteiger partial charge in [0, 0.05) is 12.1 Å². The molecule has 1 aliphatic heterocycles. The van der Waals surface area contributed by atoms with Crippen LogP contribution in [0.4, 0.5) is 0 Å². The SMILES string of the molecule is C=C1[n+]2ccc(C)cc2-c2ccccc2C1(CC)CC. The van der Waals surface area contributed by atoms with Gasteiger partial charge in [0.2, 0.25) is 5.69 Å². The maximum Gasteiger partial charge on any atom is 0.218 e. The molecule has 20 heavy (non-hydrogen) atoms. The zero-order valence-corrected chi connectivity index (χ0v) is 12.6. The first-order valence-corrected chi connectivity index (χ1v) is 7.46. The number of fused-ring (bicyclic) bond motifs is 3. The molecule has 1 aromatic carbocycles. The first kappa shape index (κ1) is 13.1. The molecule has 1 heteroatoms. The summed E-state index contributed by atoms with van der Waals surface area (Å²) in [4.78, 5) is 0. The lowest BCUT2D eigenvalue weighted by Gasteiger charge is -2.35. The van der Waals surface area contributed by atoms with Crippen molar-refractivity contribution in [3.63, 3.8) is 0 Å². The first-order chi connectivity index (χ1) is 9.64. The van der Waals surface area contributed by atoms with E-state index in [1.165, 1.54) is 28.1 Å². The predicted octanol–water partition coefficient (Wildman–Crippen LogP) is 4.49. The Labute approximate surface area is 121 Å². The van der Waals surface area contributed by atoms with E-state index in [-0.39, 0.29) is 5.41 Å². The number of hydrogen-bond acceptors (Lipinski definition) is 0. The van der Waals surface area contributed by atoms with Crippen LogP contribution in [0.2, 0.25) is 0 Å². The predicted molar refractivity (Wildman–Crippen MR) is 84.4 cm³/mol. The van der Waals surface area contributed by atoms with Crippen LogP contribution in [-0.2, 0) is 5.41 Å². The van der Waals surface area contributed by atoms with Crippen molar-refractivity contribution in [2.24, 2.45) is 0 Å². The van der Waals surface area contributed by atoms with Gasteiger partial charge in [0.1, 0.15) is 0 Å². The van der Waals surface area contributed by atoms with Crippen LogP contribution >= 0.6 is 0 Å². The zero-order valence-electron chi connectivity index (χ0n) is 12.6. The smallest absolute Gasteiger partial charge is 0.164 e. The lowest BCUT2D eigenvalue weighted by Crippen LogP contribution is -2.48. The van der Waals surface area contributed by atoms with E-state index in [0.717, 1.165) is 12.8 Å². The normalized spacial score (nSPS) is 15.7. The van der Waals surface area contributed by atoms with Crippen molar-refractivity contribution in [1.82, 2.24) is 0 Å². The maximum atomic E-state index is 4.44. The molecule has 0 spiro atoms. The monoisotopic (exact) mass is 264 g/mol. The average molecular weight is 264 g/mol. The lowest BCUT2D eigenvalue weighted by atomic mass is 9.69. The number of aromatic nitrogens is 1. The van der Waals surface area contributed by atoms with Crippen LogP contribution in [0.25, 0.3) is 17.0 Å². The van der Waals surface area contributed by atoms with Crippen LogP contribution in [0.1, 0.15) is 37.8 Å². The van der Waals surface area contributed by atoms with Crippen LogP contribution < -0.4 is 4.57 Å². The molecule has 0 radical (unpaired) electrons. The number of benzene rings is 1. The average Bonchev–Trinajstić information content (AvgIpc) is 2.49. The summed E-state index contributed by atoms with van der Waals surface area (Å²) in [6, 6.07) is 13.2. The van der Waals surface area contributed by atoms with Gasteiger partial charge in [0.15, 0.2) is 11.9 Å². The zero-order chi connectivity index (χ0) is 14.3. The van der Waals surface area contributed by atoms with E-state index in [2.05, 4.69) is 74.5 Å². The molecule has 0 aliphatic carbocycles. The Balaban J connectivity index is 2.39. The number of pyridine rings is 1. The number of aryl methyl sites for hydroxylation is 1. The minimum atomic E-state index is 0.0590. The third kappa shape index (κ3) is 1.59. The fourth-order valence-electron chi connectivity index (χ4n) is 3.60. The molecule has 2 aromatic rings. The van der Waals surface area contributed by atoms with Gasteiger partial charge in [-0.15, -0.1) is 0 Å². The molecule has 0 N–H and O–H groups in total. The van der Waals surface area contributed by atoms with Crippen molar-refractivity contribution < 1.29 is 4.57 Å². The summed E-state index contributed by atoms with van der Waals surface area (Å²) >= 11 is 0. The minimum absolute atomic E-state index is 0.0590. The second-order valence-electron chi connectivity index (χ2n) is 5.74. The standard InChI is InChI=1S/C19H22N/c1-5-19(6-2)15(4)20-12-11-14(3)13-18(20)16-9-7-8-10-17(16)19/h7-13H,4-6H2,1-3H3/q+1. The van der Waals surface area contributed by atoms with Gasteiger partial charge in [-0.3, -0.25) is 0 Å². The second-order valence-corrected chi connectivity index (χ2v) is 5.74. The molecule has 0 amide bonds. The molecule has 0 unspecified atom stereocenters. The highest BCUT2D eigenvalue weighted by Crippen LogP contribution is 2.45. The fraction of sp³-hybridized carbons (Fsp3) is 0.316. The van der Waals surface area contributed by atoms with Crippen LogP contribution in [-0.4, -0.2) is 0 Å². The summed E-state index contributed by atoms with van der Waals surface area (Å²) in [5.41, 5.74) is 6.61. The fourth-order valence-corrected chi connectivity index (χ4v) is 3.60. The Morgan fingerprint density at radius 3 is 2.50 bits per heavy atom. The van der Waals surface area contributed by atoms with Crippen LogP contribution in [0.5, 0.6) is 0 Å². The molecule has 3 rings (SSSR count). The molecular formula is C19H22N+. The van der Waals surface area contributed by atoms with Gasteiger partial charge in [0.25, 0.3) is 0 Å². The summed E-state index contributed by atoms with van der Waals surface area (Å²) in [6.45, 7) is 11.1. The molecule has 0 saturated heterocycles. The van der Waals surface area contributed by atoms with Crippen molar-refractivity contribution >= 4 is 5.70 Å². The number of hydrogen-bond donors (Lipinski definition) is 0. The molecule has 0 saturated carbocycles. The van der Waals surface area contributed by atoms with Gasteiger partial charge >= 0.3 is 0 Å². The number of nitrogens with zero attached hydrogens (tertiary/aromatic N) is 1. The van der Waals surface area contributed by atoms with Crippen LogP contribution in [0, 0.1) is 6.92 Å². The number of rotatable bonds is 2. The molecular weight excluding hydrogens is 242 g/mol. The third-order valence-electron chi connectivity index (χ3n) is 4.88. The van der Waals surface area contributed by atoms with E-state index >= 15 is 0 Å². The summed E-state index contributed by atoms with van der Waals surface area (Å²) in [7, 11) is 0. The van der Waals surface area contributed by atoms with E-state index in [9.17, 15) is 0 Å². The molecule has 2 heterocycles. The summed E-state index contributed by atoms with van der Waals surface area (Å²) in [6.07, 6.45) is 4.34. The van der Waals surface area contributed by atoms with E-state index in [1.807, 2.05) is 0 Å². The first-order valence-electron chi connectivity index (χ1n) is 7.46. The highest BCUT2D eigenvalue weighted by molar-refractivity contribution is 5.72. The highest BCUT2D eigenvalue weighted by Gasteiger charge is 2.45. The lowest BCUT2D eigenvalue weighted by molar-refractivity contribution is -0.577. The quantitative estimate of drug-likeness (QED) is 0.704. The molecule has 1 aliphatic rings. The Hall–Kier alpha value is -1.89. The molecule has 0 atom stereocenters. The van der Waals surface area contributed by atoms with Crippen molar-refractivity contribution in [3.8, 4) is 11.3 Å². The topological polar surface area (TPSA) is 3.88 Å². The van der Waals surface area contributed by atoms with E-state index in [1.54, 1.807) is 0 Å². The van der Waals surface area contributed by atoms with Gasteiger partial charge < -0.3 is 0 Å². The van der Waals surface area contributed by atoms with Gasteiger partial charge in [-0.25, -0.2) is 0 Å². The molecule has 0 fully saturated rings. The van der Waals surface area contributed by atoms with Crippen LogP contribution in [0.15, 0.2) is 49.2 Å². The molecule has 1 aromatic heterocycles. The summed E-state index contributed by atoms with van der Waals surface area (Å²) in [5.74, 6) is 0. The third-order valence-corrected chi connectivity index (χ3v) is 4.88. The highest BCUT2D eigenvalue weighted by atomic mass is 15.0. The van der Waals surface area contributed by atoms with Gasteiger partial charge in [-0.1, -0.05) is 32.0 Å². The van der Waals surface area contributed by atoms with Gasteiger partial charge in [0.05, 0.1) is 11.0 Å². The Morgan fingerprint density at radius 1 is 1.10 bits per heavy atom.